The number of hydrogen-bond donors (Lipinski definition) is 3. The third-order valence-corrected chi connectivity index (χ3v) is 6.79. The first-order valence-electron chi connectivity index (χ1n) is 10.5. The van der Waals surface area contributed by atoms with Crippen LogP contribution in [0.1, 0.15) is 16.1 Å². The molecule has 0 radical (unpaired) electrons. The number of benzene rings is 3. The molecule has 2 heterocycles. The van der Waals surface area contributed by atoms with Crippen molar-refractivity contribution in [3.63, 3.8) is 0 Å². The summed E-state index contributed by atoms with van der Waals surface area (Å²) in [5.74, 6) is 0.330. The maximum atomic E-state index is 12.7. The van der Waals surface area contributed by atoms with Crippen molar-refractivity contribution in [2.45, 2.75) is 6.92 Å². The molecule has 2 aromatic heterocycles. The van der Waals surface area contributed by atoms with Crippen LogP contribution in [0, 0.1) is 6.92 Å². The van der Waals surface area contributed by atoms with Crippen LogP contribution >= 0.6 is 35.2 Å². The van der Waals surface area contributed by atoms with Crippen LogP contribution in [0.5, 0.6) is 5.75 Å². The molecule has 5 rings (SSSR count). The Balaban J connectivity index is 1.32. The largest absolute Gasteiger partial charge is 0.507 e. The van der Waals surface area contributed by atoms with Gasteiger partial charge in [-0.1, -0.05) is 23.7 Å². The first kappa shape index (κ1) is 23.0. The monoisotopic (exact) mass is 519 g/mol. The maximum Gasteiger partial charge on any atom is 0.293 e. The van der Waals surface area contributed by atoms with Gasteiger partial charge >= 0.3 is 0 Å². The lowest BCUT2D eigenvalue weighted by Gasteiger charge is -2.12. The van der Waals surface area contributed by atoms with Gasteiger partial charge in [-0.15, -0.1) is 11.3 Å². The van der Waals surface area contributed by atoms with Crippen LogP contribution in [0.15, 0.2) is 77.2 Å². The number of anilines is 1. The van der Waals surface area contributed by atoms with Gasteiger partial charge in [-0.3, -0.25) is 10.1 Å². The zero-order valence-electron chi connectivity index (χ0n) is 18.3. The van der Waals surface area contributed by atoms with Crippen LogP contribution in [0.3, 0.4) is 0 Å². The van der Waals surface area contributed by atoms with Gasteiger partial charge < -0.3 is 14.8 Å². The Kier molecular flexibility index (Phi) is 6.25. The van der Waals surface area contributed by atoms with E-state index in [1.165, 1.54) is 11.3 Å². The number of furan rings is 1. The van der Waals surface area contributed by atoms with Crippen molar-refractivity contribution in [1.29, 1.82) is 0 Å². The van der Waals surface area contributed by atoms with Crippen molar-refractivity contribution in [3.05, 3.63) is 89.1 Å². The average molecular weight is 520 g/mol. The second-order valence-electron chi connectivity index (χ2n) is 7.76. The number of nitrogens with zero attached hydrogens (tertiary/aromatic N) is 1. The Bertz CT molecular complexity index is 1540. The van der Waals surface area contributed by atoms with Gasteiger partial charge in [0, 0.05) is 16.3 Å². The SMILES string of the molecule is Cc1cc(NC(=S)NC(=O)c2ccc(-c3ccc(Cl)cc3)o2)cc(-c2nc3ccccc3s2)c1O. The Morgan fingerprint density at radius 2 is 1.86 bits per heavy atom. The number of aromatic hydroxyl groups is 1. The fourth-order valence-corrected chi connectivity index (χ4v) is 4.88. The number of phenols is 1. The van der Waals surface area contributed by atoms with E-state index in [1.54, 1.807) is 43.3 Å². The van der Waals surface area contributed by atoms with Crippen LogP contribution in [0.4, 0.5) is 5.69 Å². The molecular weight excluding hydrogens is 502 g/mol. The summed E-state index contributed by atoms with van der Waals surface area (Å²) >= 11 is 12.8. The number of aryl methyl sites for hydroxylation is 1. The highest BCUT2D eigenvalue weighted by molar-refractivity contribution is 7.80. The van der Waals surface area contributed by atoms with Crippen LogP contribution in [-0.2, 0) is 0 Å². The number of para-hydroxylation sites is 1. The standard InChI is InChI=1S/C26H18ClN3O3S2/c1-14-12-17(13-18(23(14)31)25-29-19-4-2-3-5-22(19)35-25)28-26(34)30-24(32)21-11-10-20(33-21)15-6-8-16(27)9-7-15/h2-13,31H,1H3,(H2,28,30,32,34). The van der Waals surface area contributed by atoms with Crippen molar-refractivity contribution in [2.24, 2.45) is 0 Å². The molecule has 174 valence electrons. The first-order chi connectivity index (χ1) is 16.9. The van der Waals surface area contributed by atoms with Gasteiger partial charge in [0.25, 0.3) is 5.91 Å². The predicted octanol–water partition coefficient (Wildman–Crippen LogP) is 7.02. The van der Waals surface area contributed by atoms with E-state index in [0.29, 0.717) is 32.6 Å². The number of thiocarbonyl (C=S) groups is 1. The van der Waals surface area contributed by atoms with E-state index in [4.69, 9.17) is 28.2 Å². The van der Waals surface area contributed by atoms with Gasteiger partial charge in [0.05, 0.1) is 15.8 Å². The van der Waals surface area contributed by atoms with E-state index in [2.05, 4.69) is 15.6 Å². The highest BCUT2D eigenvalue weighted by Gasteiger charge is 2.17. The minimum absolute atomic E-state index is 0.0970. The molecule has 0 unspecified atom stereocenters. The van der Waals surface area contributed by atoms with Gasteiger partial charge in [-0.05, 0) is 85.4 Å². The molecule has 3 aromatic carbocycles. The van der Waals surface area contributed by atoms with E-state index in [-0.39, 0.29) is 16.6 Å². The number of carbonyl (C=O) groups is 1. The molecule has 0 atom stereocenters. The van der Waals surface area contributed by atoms with E-state index in [9.17, 15) is 9.90 Å². The molecule has 0 fully saturated rings. The molecular formula is C26H18ClN3O3S2. The van der Waals surface area contributed by atoms with Gasteiger partial charge in [-0.25, -0.2) is 4.98 Å². The molecule has 0 aliphatic heterocycles. The van der Waals surface area contributed by atoms with Crippen LogP contribution in [0.25, 0.3) is 32.1 Å². The molecule has 0 aliphatic carbocycles. The van der Waals surface area contributed by atoms with Gasteiger partial charge in [-0.2, -0.15) is 0 Å². The Morgan fingerprint density at radius 3 is 2.63 bits per heavy atom. The highest BCUT2D eigenvalue weighted by atomic mass is 35.5. The number of nitrogens with one attached hydrogen (secondary N) is 2. The molecule has 0 saturated carbocycles. The van der Waals surface area contributed by atoms with Crippen molar-refractivity contribution >= 4 is 62.1 Å². The molecule has 5 aromatic rings. The fourth-order valence-electron chi connectivity index (χ4n) is 3.56. The van der Waals surface area contributed by atoms with Gasteiger partial charge in [0.15, 0.2) is 10.9 Å². The summed E-state index contributed by atoms with van der Waals surface area (Å²) in [6.45, 7) is 1.79. The number of fused-ring (bicyclic) bond motifs is 1. The highest BCUT2D eigenvalue weighted by Crippen LogP contribution is 2.38. The topological polar surface area (TPSA) is 87.4 Å². The lowest BCUT2D eigenvalue weighted by molar-refractivity contribution is 0.0951. The average Bonchev–Trinajstić information content (AvgIpc) is 3.49. The molecule has 0 bridgehead atoms. The Labute approximate surface area is 215 Å². The normalized spacial score (nSPS) is 10.9. The number of hydrogen-bond acceptors (Lipinski definition) is 6. The van der Waals surface area contributed by atoms with E-state index in [0.717, 1.165) is 15.8 Å². The molecule has 3 N–H and O–H groups in total. The van der Waals surface area contributed by atoms with Crippen LogP contribution in [0.2, 0.25) is 5.02 Å². The third kappa shape index (κ3) is 4.90. The van der Waals surface area contributed by atoms with Crippen molar-refractivity contribution in [1.82, 2.24) is 10.3 Å². The molecule has 0 saturated heterocycles. The fraction of sp³-hybridized carbons (Fsp3) is 0.0385. The number of carbonyl (C=O) groups excluding carboxylic acids is 1. The third-order valence-electron chi connectivity index (χ3n) is 5.27. The van der Waals surface area contributed by atoms with Gasteiger partial charge in [0.2, 0.25) is 0 Å². The molecule has 0 aliphatic rings. The molecule has 0 spiro atoms. The summed E-state index contributed by atoms with van der Waals surface area (Å²) in [6.07, 6.45) is 0. The molecule has 9 heteroatoms. The quantitative estimate of drug-likeness (QED) is 0.175. The number of thiazole rings is 1. The van der Waals surface area contributed by atoms with Crippen LogP contribution in [-0.4, -0.2) is 21.1 Å². The lowest BCUT2D eigenvalue weighted by Crippen LogP contribution is -2.33. The second-order valence-corrected chi connectivity index (χ2v) is 9.63. The number of halogens is 1. The van der Waals surface area contributed by atoms with Crippen molar-refractivity contribution < 1.29 is 14.3 Å². The lowest BCUT2D eigenvalue weighted by atomic mass is 10.1. The first-order valence-corrected chi connectivity index (χ1v) is 12.2. The summed E-state index contributed by atoms with van der Waals surface area (Å²) in [7, 11) is 0. The number of amides is 1. The van der Waals surface area contributed by atoms with Crippen LogP contribution < -0.4 is 10.6 Å². The molecule has 6 nitrogen and oxygen atoms in total. The summed E-state index contributed by atoms with van der Waals surface area (Å²) in [5, 5.41) is 17.7. The molecule has 1 amide bonds. The second kappa shape index (κ2) is 9.50. The van der Waals surface area contributed by atoms with E-state index < -0.39 is 5.91 Å². The molecule has 35 heavy (non-hydrogen) atoms. The number of phenolic OH excluding ortho intramolecular Hbond substituents is 1. The number of rotatable bonds is 4. The Hall–Kier alpha value is -3.72. The number of aromatic nitrogens is 1. The zero-order valence-corrected chi connectivity index (χ0v) is 20.7. The minimum Gasteiger partial charge on any atom is -0.507 e. The minimum atomic E-state index is -0.482. The van der Waals surface area contributed by atoms with Crippen molar-refractivity contribution in [2.75, 3.05) is 5.32 Å². The maximum absolute atomic E-state index is 12.7. The predicted molar refractivity (Wildman–Crippen MR) is 144 cm³/mol. The van der Waals surface area contributed by atoms with Gasteiger partial charge in [0.1, 0.15) is 16.5 Å². The Morgan fingerprint density at radius 1 is 1.09 bits per heavy atom. The summed E-state index contributed by atoms with van der Waals surface area (Å²) in [4.78, 5) is 17.3. The van der Waals surface area contributed by atoms with Crippen molar-refractivity contribution in [3.8, 4) is 27.6 Å². The van der Waals surface area contributed by atoms with E-state index >= 15 is 0 Å². The summed E-state index contributed by atoms with van der Waals surface area (Å²) < 4.78 is 6.71. The van der Waals surface area contributed by atoms with E-state index in [1.807, 2.05) is 36.4 Å². The smallest absolute Gasteiger partial charge is 0.293 e. The summed E-state index contributed by atoms with van der Waals surface area (Å²) in [6, 6.07) is 21.7. The zero-order chi connectivity index (χ0) is 24.5. The summed E-state index contributed by atoms with van der Waals surface area (Å²) in [5.41, 5.74) is 3.51.